The van der Waals surface area contributed by atoms with Crippen LogP contribution >= 0.6 is 0 Å². The average Bonchev–Trinajstić information content (AvgIpc) is 3.51. The van der Waals surface area contributed by atoms with E-state index in [4.69, 9.17) is 18.9 Å². The predicted molar refractivity (Wildman–Crippen MR) is 116 cm³/mol. The molecule has 1 saturated carbocycles. The van der Waals surface area contributed by atoms with Crippen molar-refractivity contribution in [3.8, 4) is 0 Å². The van der Waals surface area contributed by atoms with E-state index in [2.05, 4.69) is 5.32 Å². The highest BCUT2D eigenvalue weighted by atomic mass is 19.1. The van der Waals surface area contributed by atoms with Crippen LogP contribution in [0.25, 0.3) is 0 Å². The molecule has 0 bridgehead atoms. The normalized spacial score (nSPS) is 27.0. The molecule has 1 saturated heterocycles. The summed E-state index contributed by atoms with van der Waals surface area (Å²) in [5.74, 6) is -0.518. The number of carbonyl (C=O) groups excluding carboxylic acids is 2. The first-order valence-corrected chi connectivity index (χ1v) is 11.2. The Balaban J connectivity index is 1.72. The maximum absolute atomic E-state index is 13.4. The Morgan fingerprint density at radius 1 is 1.19 bits per heavy atom. The maximum Gasteiger partial charge on any atom is 0.408 e. The Hall–Kier alpha value is -2.19. The Morgan fingerprint density at radius 2 is 1.88 bits per heavy atom. The maximum atomic E-state index is 13.4. The molecule has 32 heavy (non-hydrogen) atoms. The molecular formula is C24H34FNO6. The molecule has 1 amide bonds. The smallest absolute Gasteiger partial charge is 0.408 e. The lowest BCUT2D eigenvalue weighted by molar-refractivity contribution is -0.155. The van der Waals surface area contributed by atoms with Crippen molar-refractivity contribution in [2.45, 2.75) is 70.8 Å². The summed E-state index contributed by atoms with van der Waals surface area (Å²) in [5.41, 5.74) is 0.227. The van der Waals surface area contributed by atoms with Gasteiger partial charge < -0.3 is 24.3 Å². The number of halogens is 1. The Kier molecular flexibility index (Phi) is 8.11. The monoisotopic (exact) mass is 451 g/mol. The van der Waals surface area contributed by atoms with Gasteiger partial charge in [-0.2, -0.15) is 0 Å². The lowest BCUT2D eigenvalue weighted by Crippen LogP contribution is -2.47. The van der Waals surface area contributed by atoms with Crippen LogP contribution in [0.1, 0.15) is 46.1 Å². The highest BCUT2D eigenvalue weighted by Crippen LogP contribution is 2.31. The molecule has 1 heterocycles. The van der Waals surface area contributed by atoms with Crippen molar-refractivity contribution in [2.75, 3.05) is 19.8 Å². The van der Waals surface area contributed by atoms with E-state index >= 15 is 0 Å². The number of rotatable bonds is 6. The van der Waals surface area contributed by atoms with Gasteiger partial charge in [0.05, 0.1) is 19.3 Å². The number of alkyl carbamates (subject to hydrolysis) is 1. The van der Waals surface area contributed by atoms with Crippen LogP contribution in [0, 0.1) is 17.7 Å². The van der Waals surface area contributed by atoms with E-state index in [1.807, 2.05) is 6.92 Å². The van der Waals surface area contributed by atoms with Crippen molar-refractivity contribution in [3.05, 3.63) is 35.6 Å². The van der Waals surface area contributed by atoms with E-state index in [9.17, 15) is 14.0 Å². The molecule has 1 unspecified atom stereocenters. The Bertz CT molecular complexity index is 774. The summed E-state index contributed by atoms with van der Waals surface area (Å²) >= 11 is 0. The zero-order valence-electron chi connectivity index (χ0n) is 19.3. The molecule has 0 radical (unpaired) electrons. The minimum absolute atomic E-state index is 0.0443. The third-order valence-electron chi connectivity index (χ3n) is 5.55. The lowest BCUT2D eigenvalue weighted by atomic mass is 9.89. The van der Waals surface area contributed by atoms with Crippen LogP contribution < -0.4 is 5.32 Å². The molecule has 0 spiro atoms. The molecule has 178 valence electrons. The fourth-order valence-corrected chi connectivity index (χ4v) is 3.61. The van der Waals surface area contributed by atoms with Gasteiger partial charge in [-0.3, -0.25) is 0 Å². The molecule has 2 aliphatic rings. The third-order valence-corrected chi connectivity index (χ3v) is 5.55. The number of carbonyl (C=O) groups is 2. The van der Waals surface area contributed by atoms with E-state index in [1.54, 1.807) is 32.9 Å². The fourth-order valence-electron chi connectivity index (χ4n) is 3.61. The second-order valence-electron chi connectivity index (χ2n) is 9.69. The van der Waals surface area contributed by atoms with Crippen LogP contribution in [0.4, 0.5) is 9.18 Å². The van der Waals surface area contributed by atoms with Gasteiger partial charge in [0.2, 0.25) is 0 Å². The second-order valence-corrected chi connectivity index (χ2v) is 9.69. The molecule has 1 aromatic carbocycles. The topological polar surface area (TPSA) is 83.1 Å². The molecular weight excluding hydrogens is 417 g/mol. The van der Waals surface area contributed by atoms with Crippen molar-refractivity contribution < 1.29 is 32.9 Å². The van der Waals surface area contributed by atoms with Gasteiger partial charge in [-0.15, -0.1) is 0 Å². The Morgan fingerprint density at radius 3 is 2.50 bits per heavy atom. The van der Waals surface area contributed by atoms with Crippen molar-refractivity contribution in [3.63, 3.8) is 0 Å². The van der Waals surface area contributed by atoms with E-state index in [-0.39, 0.29) is 31.1 Å². The van der Waals surface area contributed by atoms with Gasteiger partial charge in [-0.1, -0.05) is 12.1 Å². The standard InChI is InChI=1S/C24H34FNO6/c1-15-19(11-16-7-9-18(25)10-8-16)21(30-12-17-5-6-17)14-29-13-20(22(27)31-15)26-23(28)32-24(2,3)4/h7-10,15,17,19-21H,5-6,11-14H2,1-4H3,(H,26,28)/t15-,19-,20?,21-/m0/s1. The SMILES string of the molecule is C[C@@H]1OC(=O)C(NC(=O)OC(C)(C)C)COC[C@H](OCC2CC2)[C@H]1Cc1ccc(F)cc1. The minimum atomic E-state index is -0.985. The van der Waals surface area contributed by atoms with Gasteiger partial charge >= 0.3 is 12.1 Å². The molecule has 8 heteroatoms. The molecule has 3 rings (SSSR count). The molecule has 4 atom stereocenters. The summed E-state index contributed by atoms with van der Waals surface area (Å²) in [6.45, 7) is 7.89. The van der Waals surface area contributed by atoms with Crippen LogP contribution in [0.2, 0.25) is 0 Å². The first kappa shape index (κ1) is 24.5. The number of nitrogens with one attached hydrogen (secondary N) is 1. The zero-order valence-corrected chi connectivity index (χ0v) is 19.3. The summed E-state index contributed by atoms with van der Waals surface area (Å²) in [5, 5.41) is 2.54. The van der Waals surface area contributed by atoms with Gasteiger partial charge in [-0.25, -0.2) is 14.0 Å². The lowest BCUT2D eigenvalue weighted by Gasteiger charge is -2.31. The van der Waals surface area contributed by atoms with Crippen molar-refractivity contribution in [1.29, 1.82) is 0 Å². The molecule has 1 N–H and O–H groups in total. The van der Waals surface area contributed by atoms with E-state index < -0.39 is 29.8 Å². The first-order chi connectivity index (χ1) is 15.1. The highest BCUT2D eigenvalue weighted by molar-refractivity contribution is 5.81. The van der Waals surface area contributed by atoms with Gasteiger partial charge in [-0.05, 0) is 70.6 Å². The Labute approximate surface area is 188 Å². The number of amides is 1. The van der Waals surface area contributed by atoms with Crippen molar-refractivity contribution in [1.82, 2.24) is 5.32 Å². The van der Waals surface area contributed by atoms with Crippen LogP contribution in [0.5, 0.6) is 0 Å². The predicted octanol–water partition coefficient (Wildman–Crippen LogP) is 3.63. The van der Waals surface area contributed by atoms with Gasteiger partial charge in [0, 0.05) is 12.5 Å². The molecule has 2 fully saturated rings. The van der Waals surface area contributed by atoms with Gasteiger partial charge in [0.25, 0.3) is 0 Å². The summed E-state index contributed by atoms with van der Waals surface area (Å²) < 4.78 is 36.3. The molecule has 1 aromatic rings. The molecule has 1 aliphatic carbocycles. The van der Waals surface area contributed by atoms with Crippen molar-refractivity contribution >= 4 is 12.1 Å². The number of hydrogen-bond donors (Lipinski definition) is 1. The summed E-state index contributed by atoms with van der Waals surface area (Å²) in [7, 11) is 0. The highest BCUT2D eigenvalue weighted by Gasteiger charge is 2.37. The number of esters is 1. The number of ether oxygens (including phenoxy) is 4. The largest absolute Gasteiger partial charge is 0.461 e. The third kappa shape index (κ3) is 7.74. The van der Waals surface area contributed by atoms with Gasteiger partial charge in [0.1, 0.15) is 17.5 Å². The first-order valence-electron chi connectivity index (χ1n) is 11.2. The van der Waals surface area contributed by atoms with Crippen LogP contribution in [-0.4, -0.2) is 55.7 Å². The van der Waals surface area contributed by atoms with E-state index in [1.165, 1.54) is 12.1 Å². The molecule has 0 aromatic heterocycles. The van der Waals surface area contributed by atoms with E-state index in [0.717, 1.165) is 18.4 Å². The minimum Gasteiger partial charge on any atom is -0.461 e. The fraction of sp³-hybridized carbons (Fsp3) is 0.667. The summed E-state index contributed by atoms with van der Waals surface area (Å²) in [6.07, 6.45) is 1.34. The second kappa shape index (κ2) is 10.6. The number of benzene rings is 1. The van der Waals surface area contributed by atoms with E-state index in [0.29, 0.717) is 18.9 Å². The molecule has 7 nitrogen and oxygen atoms in total. The number of hydrogen-bond acceptors (Lipinski definition) is 6. The van der Waals surface area contributed by atoms with Crippen LogP contribution in [0.15, 0.2) is 24.3 Å². The van der Waals surface area contributed by atoms with Gasteiger partial charge in [0.15, 0.2) is 6.04 Å². The number of cyclic esters (lactones) is 1. The van der Waals surface area contributed by atoms with Crippen molar-refractivity contribution in [2.24, 2.45) is 11.8 Å². The zero-order chi connectivity index (χ0) is 23.3. The molecule has 1 aliphatic heterocycles. The van der Waals surface area contributed by atoms with Crippen LogP contribution in [-0.2, 0) is 30.2 Å². The average molecular weight is 452 g/mol. The summed E-state index contributed by atoms with van der Waals surface area (Å²) in [4.78, 5) is 25.0. The van der Waals surface area contributed by atoms with Crippen LogP contribution in [0.3, 0.4) is 0 Å². The quantitative estimate of drug-likeness (QED) is 0.665. The summed E-state index contributed by atoms with van der Waals surface area (Å²) in [6, 6.07) is 5.29.